The molecule has 1 heterocycles. The van der Waals surface area contributed by atoms with E-state index in [0.717, 1.165) is 13.2 Å². The molecule has 0 amide bonds. The summed E-state index contributed by atoms with van der Waals surface area (Å²) in [6.45, 7) is 2.27. The third-order valence-electron chi connectivity index (χ3n) is 2.88. The first-order valence-electron chi connectivity index (χ1n) is 4.03. The van der Waals surface area contributed by atoms with E-state index >= 15 is 0 Å². The second kappa shape index (κ2) is 2.21. The van der Waals surface area contributed by atoms with Gasteiger partial charge in [-0.15, -0.1) is 0 Å². The minimum Gasteiger partial charge on any atom is -0.396 e. The molecule has 2 nitrogen and oxygen atoms in total. The number of aliphatic hydroxyl groups is 1. The van der Waals surface area contributed by atoms with Gasteiger partial charge in [0.05, 0.1) is 13.2 Å². The van der Waals surface area contributed by atoms with E-state index in [4.69, 9.17) is 9.84 Å². The molecule has 0 aromatic rings. The Balaban J connectivity index is 1.92. The molecule has 0 bridgehead atoms. The zero-order chi connectivity index (χ0) is 7.03. The van der Waals surface area contributed by atoms with Crippen LogP contribution < -0.4 is 0 Å². The molecule has 1 aliphatic heterocycles. The molecule has 2 heteroatoms. The minimum atomic E-state index is 0.377. The smallest absolute Gasteiger partial charge is 0.0544 e. The SMILES string of the molecule is OCC1CCC2(COC2)C1. The van der Waals surface area contributed by atoms with Gasteiger partial charge in [0.15, 0.2) is 0 Å². The third kappa shape index (κ3) is 0.867. The van der Waals surface area contributed by atoms with E-state index in [9.17, 15) is 0 Å². The van der Waals surface area contributed by atoms with E-state index in [1.54, 1.807) is 0 Å². The fraction of sp³-hybridized carbons (Fsp3) is 1.00. The Bertz CT molecular complexity index is 129. The van der Waals surface area contributed by atoms with Crippen LogP contribution in [0.3, 0.4) is 0 Å². The maximum atomic E-state index is 8.88. The fourth-order valence-electron chi connectivity index (χ4n) is 2.14. The summed E-state index contributed by atoms with van der Waals surface area (Å²) in [6, 6.07) is 0. The first-order valence-corrected chi connectivity index (χ1v) is 4.03. The highest BCUT2D eigenvalue weighted by Gasteiger charge is 2.44. The van der Waals surface area contributed by atoms with Crippen molar-refractivity contribution in [2.24, 2.45) is 11.3 Å². The Labute approximate surface area is 61.2 Å². The van der Waals surface area contributed by atoms with Crippen LogP contribution in [-0.2, 0) is 4.74 Å². The number of rotatable bonds is 1. The van der Waals surface area contributed by atoms with Crippen LogP contribution in [0.4, 0.5) is 0 Å². The lowest BCUT2D eigenvalue weighted by Gasteiger charge is -2.38. The summed E-state index contributed by atoms with van der Waals surface area (Å²) >= 11 is 0. The largest absolute Gasteiger partial charge is 0.396 e. The van der Waals surface area contributed by atoms with Crippen LogP contribution in [0.2, 0.25) is 0 Å². The van der Waals surface area contributed by atoms with Crippen LogP contribution in [0, 0.1) is 11.3 Å². The predicted molar refractivity (Wildman–Crippen MR) is 37.7 cm³/mol. The summed E-state index contributed by atoms with van der Waals surface area (Å²) < 4.78 is 5.17. The highest BCUT2D eigenvalue weighted by molar-refractivity contribution is 4.93. The molecule has 2 fully saturated rings. The van der Waals surface area contributed by atoms with E-state index < -0.39 is 0 Å². The molecule has 1 atom stereocenters. The first kappa shape index (κ1) is 6.62. The summed E-state index contributed by atoms with van der Waals surface area (Å²) in [6.07, 6.45) is 3.68. The number of aliphatic hydroxyl groups excluding tert-OH is 1. The van der Waals surface area contributed by atoms with E-state index in [1.165, 1.54) is 19.3 Å². The molecule has 2 rings (SSSR count). The average Bonchev–Trinajstić information content (AvgIpc) is 2.29. The molecule has 1 saturated carbocycles. The van der Waals surface area contributed by atoms with Gasteiger partial charge in [0.1, 0.15) is 0 Å². The van der Waals surface area contributed by atoms with E-state index in [2.05, 4.69) is 0 Å². The Kier molecular flexibility index (Phi) is 1.46. The molecular weight excluding hydrogens is 128 g/mol. The summed E-state index contributed by atoms with van der Waals surface area (Å²) in [4.78, 5) is 0. The van der Waals surface area contributed by atoms with Crippen molar-refractivity contribution in [1.82, 2.24) is 0 Å². The van der Waals surface area contributed by atoms with Crippen LogP contribution in [0.1, 0.15) is 19.3 Å². The van der Waals surface area contributed by atoms with Gasteiger partial charge in [-0.25, -0.2) is 0 Å². The summed E-state index contributed by atoms with van der Waals surface area (Å²) in [5.74, 6) is 0.573. The maximum Gasteiger partial charge on any atom is 0.0544 e. The maximum absolute atomic E-state index is 8.88. The monoisotopic (exact) mass is 142 g/mol. The Morgan fingerprint density at radius 3 is 2.60 bits per heavy atom. The number of hydrogen-bond acceptors (Lipinski definition) is 2. The van der Waals surface area contributed by atoms with Gasteiger partial charge in [0, 0.05) is 12.0 Å². The van der Waals surface area contributed by atoms with E-state index in [0.29, 0.717) is 17.9 Å². The van der Waals surface area contributed by atoms with Crippen molar-refractivity contribution in [1.29, 1.82) is 0 Å². The lowest BCUT2D eigenvalue weighted by molar-refractivity contribution is -0.111. The van der Waals surface area contributed by atoms with Crippen LogP contribution >= 0.6 is 0 Å². The van der Waals surface area contributed by atoms with Crippen LogP contribution in [0.25, 0.3) is 0 Å². The van der Waals surface area contributed by atoms with E-state index in [1.807, 2.05) is 0 Å². The molecule has 1 N–H and O–H groups in total. The molecule has 1 saturated heterocycles. The van der Waals surface area contributed by atoms with Crippen LogP contribution in [0.5, 0.6) is 0 Å². The Hall–Kier alpha value is -0.0800. The molecule has 1 aliphatic carbocycles. The van der Waals surface area contributed by atoms with Crippen LogP contribution in [-0.4, -0.2) is 24.9 Å². The Morgan fingerprint density at radius 2 is 2.30 bits per heavy atom. The first-order chi connectivity index (χ1) is 4.85. The molecule has 1 spiro atoms. The van der Waals surface area contributed by atoms with Gasteiger partial charge in [0.2, 0.25) is 0 Å². The molecular formula is C8H14O2. The minimum absolute atomic E-state index is 0.377. The topological polar surface area (TPSA) is 29.5 Å². The average molecular weight is 142 g/mol. The van der Waals surface area contributed by atoms with Crippen molar-refractivity contribution < 1.29 is 9.84 Å². The van der Waals surface area contributed by atoms with Gasteiger partial charge < -0.3 is 9.84 Å². The quantitative estimate of drug-likeness (QED) is 0.586. The summed E-state index contributed by atoms with van der Waals surface area (Å²) in [5.41, 5.74) is 0.507. The van der Waals surface area contributed by atoms with Gasteiger partial charge in [-0.05, 0) is 25.2 Å². The van der Waals surface area contributed by atoms with Crippen molar-refractivity contribution in [2.75, 3.05) is 19.8 Å². The normalized spacial score (nSPS) is 36.3. The van der Waals surface area contributed by atoms with Crippen molar-refractivity contribution in [3.63, 3.8) is 0 Å². The zero-order valence-electron chi connectivity index (χ0n) is 6.18. The highest BCUT2D eigenvalue weighted by Crippen LogP contribution is 2.46. The second-order valence-corrected chi connectivity index (χ2v) is 3.78. The zero-order valence-corrected chi connectivity index (χ0v) is 6.18. The molecule has 0 aromatic heterocycles. The predicted octanol–water partition coefficient (Wildman–Crippen LogP) is 0.795. The molecule has 0 aromatic carbocycles. The fourth-order valence-corrected chi connectivity index (χ4v) is 2.14. The van der Waals surface area contributed by atoms with Crippen molar-refractivity contribution in [3.8, 4) is 0 Å². The van der Waals surface area contributed by atoms with Crippen molar-refractivity contribution in [3.05, 3.63) is 0 Å². The summed E-state index contributed by atoms with van der Waals surface area (Å²) in [5, 5.41) is 8.88. The Morgan fingerprint density at radius 1 is 1.50 bits per heavy atom. The summed E-state index contributed by atoms with van der Waals surface area (Å²) in [7, 11) is 0. The number of hydrogen-bond donors (Lipinski definition) is 1. The van der Waals surface area contributed by atoms with Gasteiger partial charge >= 0.3 is 0 Å². The standard InChI is InChI=1S/C8H14O2/c9-4-7-1-2-8(3-7)5-10-6-8/h7,9H,1-6H2. The number of ether oxygens (including phenoxy) is 1. The van der Waals surface area contributed by atoms with Crippen molar-refractivity contribution in [2.45, 2.75) is 19.3 Å². The third-order valence-corrected chi connectivity index (χ3v) is 2.88. The van der Waals surface area contributed by atoms with Gasteiger partial charge in [0.25, 0.3) is 0 Å². The highest BCUT2D eigenvalue weighted by atomic mass is 16.5. The second-order valence-electron chi connectivity index (χ2n) is 3.78. The van der Waals surface area contributed by atoms with Gasteiger partial charge in [-0.2, -0.15) is 0 Å². The van der Waals surface area contributed by atoms with Gasteiger partial charge in [-0.1, -0.05) is 0 Å². The molecule has 2 aliphatic rings. The molecule has 10 heavy (non-hydrogen) atoms. The lowest BCUT2D eigenvalue weighted by Crippen LogP contribution is -2.40. The molecule has 1 unspecified atom stereocenters. The van der Waals surface area contributed by atoms with Gasteiger partial charge in [-0.3, -0.25) is 0 Å². The molecule has 0 radical (unpaired) electrons. The van der Waals surface area contributed by atoms with Crippen LogP contribution in [0.15, 0.2) is 0 Å². The van der Waals surface area contributed by atoms with Crippen molar-refractivity contribution >= 4 is 0 Å². The molecule has 58 valence electrons. The lowest BCUT2D eigenvalue weighted by atomic mass is 9.83. The van der Waals surface area contributed by atoms with E-state index in [-0.39, 0.29) is 0 Å².